The maximum Gasteiger partial charge on any atom is 0.342 e. The van der Waals surface area contributed by atoms with Crippen LogP contribution in [0.25, 0.3) is 11.1 Å². The van der Waals surface area contributed by atoms with Crippen molar-refractivity contribution >= 4 is 47.1 Å². The molecule has 2 aliphatic rings. The van der Waals surface area contributed by atoms with Gasteiger partial charge in [0.15, 0.2) is 0 Å². The molecule has 0 aliphatic carbocycles. The molecule has 10 heteroatoms. The highest BCUT2D eigenvalue weighted by molar-refractivity contribution is 6.35. The van der Waals surface area contributed by atoms with Crippen molar-refractivity contribution in [2.24, 2.45) is 5.92 Å². The molecule has 6 rings (SSSR count). The van der Waals surface area contributed by atoms with Gasteiger partial charge in [-0.05, 0) is 52.9 Å². The van der Waals surface area contributed by atoms with Gasteiger partial charge in [-0.25, -0.2) is 19.4 Å². The van der Waals surface area contributed by atoms with Crippen molar-refractivity contribution in [1.82, 2.24) is 10.2 Å². The monoisotopic (exact) mass is 586 g/mol. The average Bonchev–Trinajstić information content (AvgIpc) is 3.02. The Hall–Kier alpha value is -5.90. The summed E-state index contributed by atoms with van der Waals surface area (Å²) in [7, 11) is 0. The molecule has 2 aliphatic heterocycles. The molecule has 1 N–H and O–H groups in total. The van der Waals surface area contributed by atoms with Gasteiger partial charge >= 0.3 is 12.1 Å². The molecule has 0 aromatic heterocycles. The van der Waals surface area contributed by atoms with Crippen LogP contribution in [-0.4, -0.2) is 40.6 Å². The van der Waals surface area contributed by atoms with Crippen LogP contribution in [0.5, 0.6) is 0 Å². The van der Waals surface area contributed by atoms with E-state index in [0.717, 1.165) is 25.8 Å². The van der Waals surface area contributed by atoms with Crippen LogP contribution in [0, 0.1) is 5.92 Å². The Kier molecular flexibility index (Phi) is 7.55. The summed E-state index contributed by atoms with van der Waals surface area (Å²) in [5.74, 6) is -3.56. The molecule has 2 fully saturated rings. The van der Waals surface area contributed by atoms with Gasteiger partial charge in [-0.3, -0.25) is 29.4 Å². The van der Waals surface area contributed by atoms with Crippen molar-refractivity contribution in [3.8, 4) is 11.1 Å². The molecule has 2 saturated heterocycles. The first-order chi connectivity index (χ1) is 21.3. The van der Waals surface area contributed by atoms with Gasteiger partial charge in [0, 0.05) is 0 Å². The average molecular weight is 587 g/mol. The third kappa shape index (κ3) is 5.48. The molecular formula is C34H26N4O6. The van der Waals surface area contributed by atoms with E-state index < -0.39 is 48.0 Å². The summed E-state index contributed by atoms with van der Waals surface area (Å²) in [6.45, 7) is 0.0450. The van der Waals surface area contributed by atoms with E-state index in [1.54, 1.807) is 91.0 Å². The van der Waals surface area contributed by atoms with E-state index in [-0.39, 0.29) is 13.0 Å². The van der Waals surface area contributed by atoms with Gasteiger partial charge in [0.25, 0.3) is 0 Å². The molecule has 0 spiro atoms. The Balaban J connectivity index is 1.24. The number of rotatable bonds is 7. The van der Waals surface area contributed by atoms with Crippen molar-refractivity contribution in [3.05, 3.63) is 120 Å². The van der Waals surface area contributed by atoms with Gasteiger partial charge < -0.3 is 0 Å². The highest BCUT2D eigenvalue weighted by Gasteiger charge is 2.41. The summed E-state index contributed by atoms with van der Waals surface area (Å²) in [6.07, 6.45) is -0.393. The number of nitrogens with zero attached hydrogens (tertiary/aromatic N) is 3. The molecule has 10 nitrogen and oxygen atoms in total. The number of urea groups is 2. The third-order valence-electron chi connectivity index (χ3n) is 7.54. The lowest BCUT2D eigenvalue weighted by atomic mass is 9.93. The largest absolute Gasteiger partial charge is 0.342 e. The Morgan fingerprint density at radius 3 is 1.89 bits per heavy atom. The quantitative estimate of drug-likeness (QED) is 0.314. The van der Waals surface area contributed by atoms with Crippen molar-refractivity contribution in [2.75, 3.05) is 9.80 Å². The van der Waals surface area contributed by atoms with Crippen molar-refractivity contribution in [2.45, 2.75) is 19.4 Å². The zero-order chi connectivity index (χ0) is 30.8. The normalized spacial score (nSPS) is 17.3. The number of benzene rings is 4. The standard InChI is InChI=1S/C34H26N4O6/c39-29-20-30(40)38(34(44)37(29)26-14-5-2-6-15-26)27-16-8-13-25(19-27)24-12-7-11-23(17-24)18-28-31(41)35-33(43)36(32(28)42)21-22-9-3-1-4-10-22/h1-17,19,28H,18,20-21H2,(H,35,41,43). The molecule has 218 valence electrons. The summed E-state index contributed by atoms with van der Waals surface area (Å²) in [5.41, 5.74) is 3.50. The number of hydrogen-bond donors (Lipinski definition) is 1. The van der Waals surface area contributed by atoms with E-state index in [1.807, 2.05) is 18.2 Å². The number of imide groups is 4. The number of barbiturate groups is 2. The Morgan fingerprint density at radius 1 is 0.614 bits per heavy atom. The molecule has 44 heavy (non-hydrogen) atoms. The fourth-order valence-corrected chi connectivity index (χ4v) is 5.38. The van der Waals surface area contributed by atoms with Gasteiger partial charge in [0.2, 0.25) is 23.6 Å². The maximum absolute atomic E-state index is 13.4. The van der Waals surface area contributed by atoms with E-state index in [9.17, 15) is 28.8 Å². The summed E-state index contributed by atoms with van der Waals surface area (Å²) in [5, 5.41) is 2.30. The highest BCUT2D eigenvalue weighted by atomic mass is 16.2. The number of carbonyl (C=O) groups is 6. The second-order valence-corrected chi connectivity index (χ2v) is 10.5. The lowest BCUT2D eigenvalue weighted by molar-refractivity contribution is -0.143. The minimum Gasteiger partial charge on any atom is -0.277 e. The van der Waals surface area contributed by atoms with E-state index in [1.165, 1.54) is 0 Å². The SMILES string of the molecule is O=C1NC(=O)N(Cc2ccccc2)C(=O)C1Cc1cccc(-c2cccc(N3C(=O)CC(=O)N(c4ccccc4)C3=O)c2)c1. The van der Waals surface area contributed by atoms with Crippen LogP contribution in [0.15, 0.2) is 109 Å². The minimum atomic E-state index is -1.09. The predicted octanol–water partition coefficient (Wildman–Crippen LogP) is 4.68. The molecule has 4 aromatic rings. The lowest BCUT2D eigenvalue weighted by Crippen LogP contribution is -2.57. The fraction of sp³-hybridized carbons (Fsp3) is 0.118. The topological polar surface area (TPSA) is 124 Å². The number of nitrogens with one attached hydrogen (secondary N) is 1. The summed E-state index contributed by atoms with van der Waals surface area (Å²) < 4.78 is 0. The van der Waals surface area contributed by atoms with Crippen LogP contribution in [-0.2, 0) is 32.1 Å². The second-order valence-electron chi connectivity index (χ2n) is 10.5. The molecule has 1 unspecified atom stereocenters. The first-order valence-corrected chi connectivity index (χ1v) is 13.9. The minimum absolute atomic E-state index is 0.0450. The molecule has 0 radical (unpaired) electrons. The zero-order valence-corrected chi connectivity index (χ0v) is 23.4. The summed E-state index contributed by atoms with van der Waals surface area (Å²) in [6, 6.07) is 30.0. The summed E-state index contributed by atoms with van der Waals surface area (Å²) in [4.78, 5) is 80.5. The molecule has 0 bridgehead atoms. The highest BCUT2D eigenvalue weighted by Crippen LogP contribution is 2.31. The Morgan fingerprint density at radius 2 is 1.18 bits per heavy atom. The van der Waals surface area contributed by atoms with Gasteiger partial charge in [0.1, 0.15) is 12.3 Å². The van der Waals surface area contributed by atoms with Gasteiger partial charge in [-0.2, -0.15) is 0 Å². The van der Waals surface area contributed by atoms with Crippen molar-refractivity contribution < 1.29 is 28.8 Å². The number of anilines is 2. The van der Waals surface area contributed by atoms with Crippen LogP contribution in [0.3, 0.4) is 0 Å². The second kappa shape index (κ2) is 11.8. The van der Waals surface area contributed by atoms with E-state index in [2.05, 4.69) is 5.32 Å². The van der Waals surface area contributed by atoms with Gasteiger partial charge in [-0.1, -0.05) is 84.9 Å². The van der Waals surface area contributed by atoms with Crippen LogP contribution < -0.4 is 15.1 Å². The smallest absolute Gasteiger partial charge is 0.277 e. The number of amides is 8. The molecule has 4 aromatic carbocycles. The Labute approximate surface area is 252 Å². The number of carbonyl (C=O) groups excluding carboxylic acids is 6. The van der Waals surface area contributed by atoms with Crippen molar-refractivity contribution in [3.63, 3.8) is 0 Å². The zero-order valence-electron chi connectivity index (χ0n) is 23.4. The first-order valence-electron chi connectivity index (χ1n) is 13.9. The molecule has 8 amide bonds. The molecule has 2 heterocycles. The molecular weight excluding hydrogens is 560 g/mol. The number of hydrogen-bond acceptors (Lipinski definition) is 6. The van der Waals surface area contributed by atoms with E-state index >= 15 is 0 Å². The van der Waals surface area contributed by atoms with Crippen LogP contribution in [0.2, 0.25) is 0 Å². The lowest BCUT2D eigenvalue weighted by Gasteiger charge is -2.32. The molecule has 0 saturated carbocycles. The van der Waals surface area contributed by atoms with Gasteiger partial charge in [-0.15, -0.1) is 0 Å². The number of para-hydroxylation sites is 1. The first kappa shape index (κ1) is 28.2. The van der Waals surface area contributed by atoms with Gasteiger partial charge in [0.05, 0.1) is 17.9 Å². The Bertz CT molecular complexity index is 1810. The van der Waals surface area contributed by atoms with E-state index in [0.29, 0.717) is 22.5 Å². The third-order valence-corrected chi connectivity index (χ3v) is 7.54. The van der Waals surface area contributed by atoms with Crippen molar-refractivity contribution in [1.29, 1.82) is 0 Å². The van der Waals surface area contributed by atoms with E-state index in [4.69, 9.17) is 0 Å². The molecule has 1 atom stereocenters. The predicted molar refractivity (Wildman–Crippen MR) is 161 cm³/mol. The van der Waals surface area contributed by atoms with Crippen LogP contribution in [0.4, 0.5) is 21.0 Å². The van der Waals surface area contributed by atoms with Crippen LogP contribution >= 0.6 is 0 Å². The maximum atomic E-state index is 13.4. The van der Waals surface area contributed by atoms with Crippen LogP contribution in [0.1, 0.15) is 17.5 Å². The summed E-state index contributed by atoms with van der Waals surface area (Å²) >= 11 is 0. The fourth-order valence-electron chi connectivity index (χ4n) is 5.38.